The standard InChI is InChI=1S/C4H8N6OS/c1-12-4-7-3(5)10(8-4)9-6-2-11/h2,9H,1H3,(H,6,11)(H2,5,7,8). The minimum atomic E-state index is 0.189. The predicted molar refractivity (Wildman–Crippen MR) is 44.8 cm³/mol. The van der Waals surface area contributed by atoms with E-state index in [0.717, 1.165) is 0 Å². The molecule has 0 aliphatic rings. The molecule has 1 amide bonds. The summed E-state index contributed by atoms with van der Waals surface area (Å²) in [6.07, 6.45) is 2.30. The molecule has 1 heterocycles. The van der Waals surface area contributed by atoms with Gasteiger partial charge in [-0.05, 0) is 6.26 Å². The summed E-state index contributed by atoms with van der Waals surface area (Å²) in [6.45, 7) is 0. The van der Waals surface area contributed by atoms with Gasteiger partial charge in [-0.25, -0.2) is 5.53 Å². The molecule has 0 unspecified atom stereocenters. The topological polar surface area (TPSA) is 97.9 Å². The fraction of sp³-hybridized carbons (Fsp3) is 0.250. The van der Waals surface area contributed by atoms with E-state index >= 15 is 0 Å². The predicted octanol–water partition coefficient (Wildman–Crippen LogP) is -1.21. The number of nitrogens with one attached hydrogen (secondary N) is 2. The first kappa shape index (κ1) is 8.65. The van der Waals surface area contributed by atoms with E-state index in [4.69, 9.17) is 5.73 Å². The van der Waals surface area contributed by atoms with Crippen LogP contribution in [0.4, 0.5) is 5.95 Å². The summed E-state index contributed by atoms with van der Waals surface area (Å²) in [4.78, 5) is 14.9. The van der Waals surface area contributed by atoms with Gasteiger partial charge in [0.2, 0.25) is 17.5 Å². The lowest BCUT2D eigenvalue weighted by Gasteiger charge is -2.01. The lowest BCUT2D eigenvalue weighted by atomic mass is 11.1. The maximum atomic E-state index is 9.88. The van der Waals surface area contributed by atoms with Crippen molar-refractivity contribution in [1.82, 2.24) is 20.3 Å². The van der Waals surface area contributed by atoms with Gasteiger partial charge < -0.3 is 5.73 Å². The van der Waals surface area contributed by atoms with Crippen molar-refractivity contribution in [3.8, 4) is 0 Å². The zero-order valence-corrected chi connectivity index (χ0v) is 7.13. The van der Waals surface area contributed by atoms with Gasteiger partial charge in [-0.3, -0.25) is 10.2 Å². The number of thioether (sulfide) groups is 1. The number of hydrogen-bond acceptors (Lipinski definition) is 6. The van der Waals surface area contributed by atoms with E-state index in [9.17, 15) is 4.79 Å². The van der Waals surface area contributed by atoms with Gasteiger partial charge in [-0.15, -0.1) is 9.89 Å². The highest BCUT2D eigenvalue weighted by molar-refractivity contribution is 7.98. The van der Waals surface area contributed by atoms with E-state index in [1.807, 2.05) is 6.26 Å². The molecule has 8 heteroatoms. The number of nitrogens with zero attached hydrogens (tertiary/aromatic N) is 3. The third kappa shape index (κ3) is 1.78. The second-order valence-corrected chi connectivity index (χ2v) is 2.52. The van der Waals surface area contributed by atoms with Crippen molar-refractivity contribution in [1.29, 1.82) is 0 Å². The SMILES string of the molecule is CSc1nc(N)n(NNC=O)n1. The number of anilines is 1. The van der Waals surface area contributed by atoms with Crippen LogP contribution in [0.2, 0.25) is 0 Å². The van der Waals surface area contributed by atoms with E-state index in [2.05, 4.69) is 21.0 Å². The van der Waals surface area contributed by atoms with Crippen molar-refractivity contribution in [3.05, 3.63) is 0 Å². The van der Waals surface area contributed by atoms with Gasteiger partial charge in [0.25, 0.3) is 0 Å². The van der Waals surface area contributed by atoms with Gasteiger partial charge in [0.05, 0.1) is 0 Å². The summed E-state index contributed by atoms with van der Waals surface area (Å²) < 4.78 is 0. The van der Waals surface area contributed by atoms with Crippen molar-refractivity contribution in [2.45, 2.75) is 5.16 Å². The van der Waals surface area contributed by atoms with Crippen LogP contribution < -0.4 is 16.7 Å². The highest BCUT2D eigenvalue weighted by Gasteiger charge is 2.03. The van der Waals surface area contributed by atoms with Crippen LogP contribution in [0, 0.1) is 0 Å². The monoisotopic (exact) mass is 188 g/mol. The molecule has 1 rings (SSSR count). The number of amides is 1. The fourth-order valence-corrected chi connectivity index (χ4v) is 0.909. The van der Waals surface area contributed by atoms with Crippen LogP contribution in [0.25, 0.3) is 0 Å². The number of carbonyl (C=O) groups is 1. The quantitative estimate of drug-likeness (QED) is 0.311. The summed E-state index contributed by atoms with van der Waals surface area (Å²) in [5, 5.41) is 4.41. The molecule has 0 aliphatic heterocycles. The Labute approximate surface area is 72.7 Å². The molecular weight excluding hydrogens is 180 g/mol. The average Bonchev–Trinajstić information content (AvgIpc) is 2.43. The molecule has 0 atom stereocenters. The maximum absolute atomic E-state index is 9.88. The highest BCUT2D eigenvalue weighted by Crippen LogP contribution is 2.08. The Morgan fingerprint density at radius 1 is 1.75 bits per heavy atom. The van der Waals surface area contributed by atoms with E-state index < -0.39 is 0 Å². The van der Waals surface area contributed by atoms with Crippen molar-refractivity contribution in [2.24, 2.45) is 0 Å². The fourth-order valence-electron chi connectivity index (χ4n) is 0.561. The van der Waals surface area contributed by atoms with E-state index in [1.54, 1.807) is 0 Å². The lowest BCUT2D eigenvalue weighted by molar-refractivity contribution is -0.109. The second-order valence-electron chi connectivity index (χ2n) is 1.74. The average molecular weight is 188 g/mol. The van der Waals surface area contributed by atoms with Gasteiger partial charge in [0.1, 0.15) is 0 Å². The van der Waals surface area contributed by atoms with Crippen molar-refractivity contribution in [2.75, 3.05) is 17.5 Å². The van der Waals surface area contributed by atoms with E-state index in [0.29, 0.717) is 11.6 Å². The Hall–Kier alpha value is -1.44. The van der Waals surface area contributed by atoms with Crippen LogP contribution in [-0.2, 0) is 4.79 Å². The number of nitrogens with two attached hydrogens (primary N) is 1. The number of carbonyl (C=O) groups excluding carboxylic acids is 1. The van der Waals surface area contributed by atoms with Crippen LogP contribution >= 0.6 is 11.8 Å². The summed E-state index contributed by atoms with van der Waals surface area (Å²) >= 11 is 1.36. The summed E-state index contributed by atoms with van der Waals surface area (Å²) in [6, 6.07) is 0. The normalized spacial score (nSPS) is 9.42. The van der Waals surface area contributed by atoms with Gasteiger partial charge in [-0.1, -0.05) is 11.8 Å². The first-order valence-corrected chi connectivity index (χ1v) is 4.22. The molecule has 0 saturated carbocycles. The molecular formula is C4H8N6OS. The number of hydrazine groups is 1. The Balaban J connectivity index is 2.70. The molecule has 12 heavy (non-hydrogen) atoms. The van der Waals surface area contributed by atoms with Crippen molar-refractivity contribution in [3.63, 3.8) is 0 Å². The van der Waals surface area contributed by atoms with Crippen LogP contribution in [0.15, 0.2) is 5.16 Å². The summed E-state index contributed by atoms with van der Waals surface area (Å²) in [7, 11) is 0. The van der Waals surface area contributed by atoms with Gasteiger partial charge in [0, 0.05) is 0 Å². The van der Waals surface area contributed by atoms with Crippen molar-refractivity contribution >= 4 is 24.1 Å². The first-order valence-electron chi connectivity index (χ1n) is 2.99. The van der Waals surface area contributed by atoms with Gasteiger partial charge >= 0.3 is 0 Å². The Bertz CT molecular complexity index is 273. The van der Waals surface area contributed by atoms with E-state index in [1.165, 1.54) is 16.6 Å². The van der Waals surface area contributed by atoms with Crippen LogP contribution in [0.1, 0.15) is 0 Å². The zero-order valence-electron chi connectivity index (χ0n) is 6.31. The molecule has 0 aromatic carbocycles. The van der Waals surface area contributed by atoms with Gasteiger partial charge in [-0.2, -0.15) is 4.98 Å². The molecule has 0 radical (unpaired) electrons. The van der Waals surface area contributed by atoms with Crippen LogP contribution in [0.3, 0.4) is 0 Å². The first-order chi connectivity index (χ1) is 5.77. The van der Waals surface area contributed by atoms with Gasteiger partial charge in [0.15, 0.2) is 0 Å². The van der Waals surface area contributed by atoms with Crippen LogP contribution in [-0.4, -0.2) is 27.5 Å². The summed E-state index contributed by atoms with van der Waals surface area (Å²) in [5.74, 6) is 0.189. The molecule has 66 valence electrons. The highest BCUT2D eigenvalue weighted by atomic mass is 32.2. The number of nitrogen functional groups attached to an aromatic ring is 1. The Morgan fingerprint density at radius 2 is 2.50 bits per heavy atom. The molecule has 0 saturated heterocycles. The largest absolute Gasteiger partial charge is 0.366 e. The number of aromatic nitrogens is 3. The zero-order chi connectivity index (χ0) is 8.97. The maximum Gasteiger partial charge on any atom is 0.241 e. The minimum Gasteiger partial charge on any atom is -0.366 e. The minimum absolute atomic E-state index is 0.189. The molecule has 0 aliphatic carbocycles. The van der Waals surface area contributed by atoms with E-state index in [-0.39, 0.29) is 5.95 Å². The molecule has 1 aromatic heterocycles. The number of rotatable bonds is 4. The Morgan fingerprint density at radius 3 is 3.00 bits per heavy atom. The molecule has 4 N–H and O–H groups in total. The summed E-state index contributed by atoms with van der Waals surface area (Å²) in [5.41, 5.74) is 10.0. The smallest absolute Gasteiger partial charge is 0.241 e. The third-order valence-electron chi connectivity index (χ3n) is 1.02. The molecule has 1 aromatic rings. The molecule has 0 spiro atoms. The molecule has 0 bridgehead atoms. The molecule has 0 fully saturated rings. The second kappa shape index (κ2) is 3.81. The van der Waals surface area contributed by atoms with Crippen molar-refractivity contribution < 1.29 is 4.79 Å². The number of hydrogen-bond donors (Lipinski definition) is 3. The lowest BCUT2D eigenvalue weighted by Crippen LogP contribution is -2.30. The van der Waals surface area contributed by atoms with Crippen LogP contribution in [0.5, 0.6) is 0 Å². The Kier molecular flexibility index (Phi) is 2.75. The molecule has 7 nitrogen and oxygen atoms in total. The third-order valence-corrected chi connectivity index (χ3v) is 1.56.